The molecule has 0 aliphatic rings. The predicted molar refractivity (Wildman–Crippen MR) is 64.0 cm³/mol. The topological polar surface area (TPSA) is 43.1 Å². The van der Waals surface area contributed by atoms with E-state index in [1.54, 1.807) is 0 Å². The zero-order chi connectivity index (χ0) is 13.8. The van der Waals surface area contributed by atoms with Gasteiger partial charge in [0.2, 0.25) is 0 Å². The highest BCUT2D eigenvalue weighted by Crippen LogP contribution is 2.38. The number of thioether (sulfide) groups is 1. The van der Waals surface area contributed by atoms with E-state index in [2.05, 4.69) is 0 Å². The van der Waals surface area contributed by atoms with Gasteiger partial charge in [-0.1, -0.05) is 0 Å². The molecule has 0 saturated heterocycles. The second kappa shape index (κ2) is 6.29. The van der Waals surface area contributed by atoms with Crippen molar-refractivity contribution < 1.29 is 18.1 Å². The van der Waals surface area contributed by atoms with Crippen molar-refractivity contribution in [2.45, 2.75) is 23.2 Å². The van der Waals surface area contributed by atoms with E-state index in [0.29, 0.717) is 24.3 Å². The first-order valence-electron chi connectivity index (χ1n) is 4.92. The lowest BCUT2D eigenvalue weighted by Gasteiger charge is -2.07. The number of hydrogen-bond donors (Lipinski definition) is 0. The third-order valence-electron chi connectivity index (χ3n) is 1.99. The van der Waals surface area contributed by atoms with E-state index >= 15 is 0 Å². The summed E-state index contributed by atoms with van der Waals surface area (Å²) < 4.78 is 36.7. The minimum atomic E-state index is -4.46. The van der Waals surface area contributed by atoms with Gasteiger partial charge in [0.05, 0.1) is 4.92 Å². The van der Waals surface area contributed by atoms with E-state index in [9.17, 15) is 23.3 Å². The Hall–Kier alpha value is -0.950. The highest BCUT2D eigenvalue weighted by atomic mass is 35.5. The summed E-state index contributed by atoms with van der Waals surface area (Å²) in [4.78, 5) is 9.75. The molecule has 1 aromatic rings. The molecule has 0 aliphatic carbocycles. The molecular formula is C10H9ClF3NO2S. The molecule has 0 N–H and O–H groups in total. The first-order chi connectivity index (χ1) is 8.31. The van der Waals surface area contributed by atoms with Gasteiger partial charge in [-0.2, -0.15) is 13.2 Å². The minimum Gasteiger partial charge on any atom is -0.258 e. The second-order valence-corrected chi connectivity index (χ2v) is 4.95. The van der Waals surface area contributed by atoms with Crippen LogP contribution >= 0.6 is 23.4 Å². The van der Waals surface area contributed by atoms with E-state index in [1.165, 1.54) is 12.1 Å². The van der Waals surface area contributed by atoms with Crippen molar-refractivity contribution in [3.63, 3.8) is 0 Å². The van der Waals surface area contributed by atoms with Crippen LogP contribution in [0.4, 0.5) is 18.9 Å². The van der Waals surface area contributed by atoms with Crippen molar-refractivity contribution >= 4 is 29.1 Å². The van der Waals surface area contributed by atoms with Gasteiger partial charge in [0, 0.05) is 22.9 Å². The smallest absolute Gasteiger partial charge is 0.258 e. The average Bonchev–Trinajstić information content (AvgIpc) is 2.23. The summed E-state index contributed by atoms with van der Waals surface area (Å²) in [5.41, 5.74) is -4.32. The molecule has 0 aromatic heterocycles. The number of nitro groups is 1. The number of nitro benzene ring substituents is 1. The number of rotatable bonds is 5. The van der Waals surface area contributed by atoms with E-state index in [-0.39, 0.29) is 22.3 Å². The quantitative estimate of drug-likeness (QED) is 0.351. The number of nitrogens with zero attached hydrogens (tertiary/aromatic N) is 1. The van der Waals surface area contributed by atoms with Gasteiger partial charge in [-0.15, -0.1) is 11.6 Å². The number of hydrogen-bond acceptors (Lipinski definition) is 3. The zero-order valence-corrected chi connectivity index (χ0v) is 10.6. The molecule has 0 spiro atoms. The molecule has 8 heteroatoms. The van der Waals surface area contributed by atoms with Crippen LogP contribution in [0.25, 0.3) is 0 Å². The lowest BCUT2D eigenvalue weighted by Crippen LogP contribution is -2.00. The molecule has 1 aromatic carbocycles. The normalized spacial score (nSPS) is 11.6. The zero-order valence-electron chi connectivity index (χ0n) is 9.04. The average molecular weight is 300 g/mol. The molecule has 0 atom stereocenters. The maximum absolute atomic E-state index is 12.2. The summed E-state index contributed by atoms with van der Waals surface area (Å²) in [7, 11) is 0. The summed E-state index contributed by atoms with van der Waals surface area (Å²) in [5, 5.41) is 10.6. The molecule has 100 valence electrons. The Balaban J connectivity index is 3.02. The summed E-state index contributed by atoms with van der Waals surface area (Å²) in [6.07, 6.45) is 0.968. The molecule has 0 bridgehead atoms. The Morgan fingerprint density at radius 3 is 2.50 bits per heavy atom. The Labute approximate surface area is 110 Å². The van der Waals surface area contributed by atoms with Crippen LogP contribution in [0.15, 0.2) is 23.1 Å². The largest absolute Gasteiger partial charge is 0.446 e. The number of halogens is 4. The fraction of sp³-hybridized carbons (Fsp3) is 0.400. The standard InChI is InChI=1S/C10H9ClF3NO2S/c11-3-1-2-7-4-8(15(16)17)6-9(5-7)18-10(12,13)14/h4-6H,1-3H2. The molecule has 0 heterocycles. The van der Waals surface area contributed by atoms with Crippen molar-refractivity contribution in [3.05, 3.63) is 33.9 Å². The second-order valence-electron chi connectivity index (χ2n) is 3.43. The van der Waals surface area contributed by atoms with Crippen LogP contribution in [0.5, 0.6) is 0 Å². The lowest BCUT2D eigenvalue weighted by molar-refractivity contribution is -0.385. The van der Waals surface area contributed by atoms with E-state index in [4.69, 9.17) is 11.6 Å². The third kappa shape index (κ3) is 5.14. The fourth-order valence-electron chi connectivity index (χ4n) is 1.36. The van der Waals surface area contributed by atoms with Crippen LogP contribution in [-0.2, 0) is 6.42 Å². The molecule has 0 saturated carbocycles. The van der Waals surface area contributed by atoms with Crippen LogP contribution in [0.1, 0.15) is 12.0 Å². The van der Waals surface area contributed by atoms with Crippen molar-refractivity contribution in [2.75, 3.05) is 5.88 Å². The third-order valence-corrected chi connectivity index (χ3v) is 2.96. The lowest BCUT2D eigenvalue weighted by atomic mass is 10.1. The number of non-ortho nitro benzene ring substituents is 1. The molecule has 1 rings (SSSR count). The van der Waals surface area contributed by atoms with Gasteiger partial charge in [0.25, 0.3) is 5.69 Å². The molecule has 0 unspecified atom stereocenters. The monoisotopic (exact) mass is 299 g/mol. The Morgan fingerprint density at radius 2 is 2.00 bits per heavy atom. The predicted octanol–water partition coefficient (Wildman–Crippen LogP) is 4.38. The molecule has 0 aliphatic heterocycles. The molecule has 0 radical (unpaired) electrons. The van der Waals surface area contributed by atoms with Gasteiger partial charge in [0.1, 0.15) is 0 Å². The van der Waals surface area contributed by atoms with Gasteiger partial charge in [0.15, 0.2) is 0 Å². The summed E-state index contributed by atoms with van der Waals surface area (Å²) in [6.45, 7) is 0. The Bertz CT molecular complexity index is 440. The van der Waals surface area contributed by atoms with Gasteiger partial charge >= 0.3 is 5.51 Å². The van der Waals surface area contributed by atoms with Gasteiger partial charge in [-0.25, -0.2) is 0 Å². The number of aryl methyl sites for hydroxylation is 1. The molecular weight excluding hydrogens is 291 g/mol. The van der Waals surface area contributed by atoms with E-state index in [0.717, 1.165) is 6.07 Å². The number of alkyl halides is 4. The summed E-state index contributed by atoms with van der Waals surface area (Å²) in [6, 6.07) is 3.49. The first-order valence-corrected chi connectivity index (χ1v) is 6.27. The SMILES string of the molecule is O=[N+]([O-])c1cc(CCCCl)cc(SC(F)(F)F)c1. The van der Waals surface area contributed by atoms with Crippen LogP contribution in [0.2, 0.25) is 0 Å². The van der Waals surface area contributed by atoms with Gasteiger partial charge in [-0.3, -0.25) is 10.1 Å². The van der Waals surface area contributed by atoms with E-state index < -0.39 is 10.4 Å². The van der Waals surface area contributed by atoms with Crippen LogP contribution < -0.4 is 0 Å². The summed E-state index contributed by atoms with van der Waals surface area (Å²) >= 11 is 5.12. The van der Waals surface area contributed by atoms with Crippen LogP contribution in [0, 0.1) is 10.1 Å². The highest BCUT2D eigenvalue weighted by molar-refractivity contribution is 8.00. The highest BCUT2D eigenvalue weighted by Gasteiger charge is 2.30. The van der Waals surface area contributed by atoms with E-state index in [1.807, 2.05) is 0 Å². The maximum Gasteiger partial charge on any atom is 0.446 e. The maximum atomic E-state index is 12.2. The van der Waals surface area contributed by atoms with Gasteiger partial charge in [-0.05, 0) is 36.2 Å². The molecule has 18 heavy (non-hydrogen) atoms. The summed E-state index contributed by atoms with van der Waals surface area (Å²) in [5.74, 6) is 0.352. The first kappa shape index (κ1) is 15.1. The van der Waals surface area contributed by atoms with Crippen molar-refractivity contribution in [2.24, 2.45) is 0 Å². The minimum absolute atomic E-state index is 0.179. The van der Waals surface area contributed by atoms with Crippen molar-refractivity contribution in [1.29, 1.82) is 0 Å². The van der Waals surface area contributed by atoms with Gasteiger partial charge < -0.3 is 0 Å². The van der Waals surface area contributed by atoms with Crippen molar-refractivity contribution in [3.8, 4) is 0 Å². The molecule has 0 amide bonds. The Morgan fingerprint density at radius 1 is 1.33 bits per heavy atom. The van der Waals surface area contributed by atoms with Crippen LogP contribution in [-0.4, -0.2) is 16.3 Å². The fourth-order valence-corrected chi connectivity index (χ4v) is 2.15. The number of benzene rings is 1. The Kier molecular flexibility index (Phi) is 5.28. The van der Waals surface area contributed by atoms with Crippen molar-refractivity contribution in [1.82, 2.24) is 0 Å². The molecule has 0 fully saturated rings. The molecule has 3 nitrogen and oxygen atoms in total. The van der Waals surface area contributed by atoms with Crippen LogP contribution in [0.3, 0.4) is 0 Å².